The highest BCUT2D eigenvalue weighted by atomic mass is 35.5. The maximum absolute atomic E-state index is 11.8. The standard InChI is InChI=1S/C11H17N3O2S.ClH/c15-17(16,9-11-4-1-2-6-13-11)14-8-10-5-3-7-12-10;/h1-2,4,6,10,12,14H,3,5,7-9H2;1H. The van der Waals surface area contributed by atoms with E-state index in [1.807, 2.05) is 0 Å². The van der Waals surface area contributed by atoms with Crippen molar-refractivity contribution in [2.75, 3.05) is 13.1 Å². The van der Waals surface area contributed by atoms with Crippen LogP contribution in [0.4, 0.5) is 0 Å². The number of hydrogen-bond acceptors (Lipinski definition) is 4. The first-order valence-electron chi connectivity index (χ1n) is 5.76. The van der Waals surface area contributed by atoms with Gasteiger partial charge in [0.25, 0.3) is 0 Å². The van der Waals surface area contributed by atoms with Gasteiger partial charge in [-0.2, -0.15) is 0 Å². The number of aromatic nitrogens is 1. The van der Waals surface area contributed by atoms with Crippen LogP contribution >= 0.6 is 12.4 Å². The molecule has 0 amide bonds. The van der Waals surface area contributed by atoms with Gasteiger partial charge in [-0.25, -0.2) is 13.1 Å². The van der Waals surface area contributed by atoms with Gasteiger partial charge in [-0.1, -0.05) is 6.07 Å². The van der Waals surface area contributed by atoms with Crippen LogP contribution < -0.4 is 10.0 Å². The number of halogens is 1. The van der Waals surface area contributed by atoms with E-state index in [0.717, 1.165) is 19.4 Å². The van der Waals surface area contributed by atoms with Gasteiger partial charge < -0.3 is 5.32 Å². The zero-order valence-corrected chi connectivity index (χ0v) is 11.6. The Balaban J connectivity index is 0.00000162. The molecule has 1 unspecified atom stereocenters. The third-order valence-corrected chi connectivity index (χ3v) is 4.06. The number of nitrogens with zero attached hydrogens (tertiary/aromatic N) is 1. The van der Waals surface area contributed by atoms with Crippen molar-refractivity contribution < 1.29 is 8.42 Å². The summed E-state index contributed by atoms with van der Waals surface area (Å²) < 4.78 is 26.2. The van der Waals surface area contributed by atoms with Gasteiger partial charge in [-0.05, 0) is 31.5 Å². The van der Waals surface area contributed by atoms with Gasteiger partial charge in [-0.15, -0.1) is 12.4 Å². The molecule has 0 spiro atoms. The molecule has 0 bridgehead atoms. The highest BCUT2D eigenvalue weighted by molar-refractivity contribution is 7.88. The highest BCUT2D eigenvalue weighted by Gasteiger charge is 2.18. The molecule has 1 aromatic heterocycles. The molecule has 2 rings (SSSR count). The van der Waals surface area contributed by atoms with Gasteiger partial charge in [0.2, 0.25) is 10.0 Å². The smallest absolute Gasteiger partial charge is 0.217 e. The van der Waals surface area contributed by atoms with Gasteiger partial charge in [0.05, 0.1) is 5.69 Å². The van der Waals surface area contributed by atoms with Gasteiger partial charge in [0.1, 0.15) is 5.75 Å². The first-order valence-corrected chi connectivity index (χ1v) is 7.41. The molecule has 7 heteroatoms. The molecule has 1 aromatic rings. The number of sulfonamides is 1. The second-order valence-corrected chi connectivity index (χ2v) is 6.03. The molecule has 1 aliphatic rings. The van der Waals surface area contributed by atoms with Crippen LogP contribution in [-0.4, -0.2) is 32.5 Å². The van der Waals surface area contributed by atoms with Crippen molar-refractivity contribution in [3.63, 3.8) is 0 Å². The molecule has 2 N–H and O–H groups in total. The van der Waals surface area contributed by atoms with E-state index in [9.17, 15) is 8.42 Å². The molecule has 2 heterocycles. The molecule has 0 saturated carbocycles. The molecule has 102 valence electrons. The number of hydrogen-bond donors (Lipinski definition) is 2. The minimum Gasteiger partial charge on any atom is -0.313 e. The van der Waals surface area contributed by atoms with Crippen molar-refractivity contribution in [1.29, 1.82) is 0 Å². The fraction of sp³-hybridized carbons (Fsp3) is 0.545. The van der Waals surface area contributed by atoms with Crippen molar-refractivity contribution in [3.05, 3.63) is 30.1 Å². The van der Waals surface area contributed by atoms with Gasteiger partial charge in [0, 0.05) is 18.8 Å². The SMILES string of the molecule is Cl.O=S(=O)(Cc1ccccn1)NCC1CCCN1. The number of nitrogens with one attached hydrogen (secondary N) is 2. The summed E-state index contributed by atoms with van der Waals surface area (Å²) in [6.07, 6.45) is 3.75. The van der Waals surface area contributed by atoms with E-state index in [1.165, 1.54) is 0 Å². The molecule has 18 heavy (non-hydrogen) atoms. The van der Waals surface area contributed by atoms with E-state index >= 15 is 0 Å². The topological polar surface area (TPSA) is 71.1 Å². The molecule has 1 atom stereocenters. The molecule has 5 nitrogen and oxygen atoms in total. The Bertz CT molecular complexity index is 447. The minimum absolute atomic E-state index is 0. The van der Waals surface area contributed by atoms with Crippen molar-refractivity contribution in [3.8, 4) is 0 Å². The Kier molecular flexibility index (Phi) is 6.01. The summed E-state index contributed by atoms with van der Waals surface area (Å²) in [5.41, 5.74) is 0.569. The van der Waals surface area contributed by atoms with Crippen LogP contribution in [0.1, 0.15) is 18.5 Å². The third-order valence-electron chi connectivity index (χ3n) is 2.78. The first-order chi connectivity index (χ1) is 8.16. The Morgan fingerprint density at radius 1 is 1.44 bits per heavy atom. The summed E-state index contributed by atoms with van der Waals surface area (Å²) in [5.74, 6) is -0.0550. The lowest BCUT2D eigenvalue weighted by Gasteiger charge is -2.11. The summed E-state index contributed by atoms with van der Waals surface area (Å²) in [6.45, 7) is 1.45. The van der Waals surface area contributed by atoms with E-state index in [4.69, 9.17) is 0 Å². The maximum atomic E-state index is 11.8. The summed E-state index contributed by atoms with van der Waals surface area (Å²) in [6, 6.07) is 5.55. The van der Waals surface area contributed by atoms with Crippen molar-refractivity contribution in [1.82, 2.24) is 15.0 Å². The third kappa shape index (κ3) is 4.89. The van der Waals surface area contributed by atoms with E-state index in [-0.39, 0.29) is 24.2 Å². The summed E-state index contributed by atoms with van der Waals surface area (Å²) in [4.78, 5) is 4.01. The normalized spacial score (nSPS) is 19.4. The Morgan fingerprint density at radius 2 is 2.28 bits per heavy atom. The van der Waals surface area contributed by atoms with Gasteiger partial charge >= 0.3 is 0 Å². The predicted molar refractivity (Wildman–Crippen MR) is 73.1 cm³/mol. The van der Waals surface area contributed by atoms with Gasteiger partial charge in [-0.3, -0.25) is 4.98 Å². The molecule has 0 aromatic carbocycles. The quantitative estimate of drug-likeness (QED) is 0.837. The second-order valence-electron chi connectivity index (χ2n) is 4.22. The Labute approximate surface area is 114 Å². The van der Waals surface area contributed by atoms with Crippen LogP contribution in [0.2, 0.25) is 0 Å². The molecule has 0 radical (unpaired) electrons. The van der Waals surface area contributed by atoms with Crippen LogP contribution in [0.3, 0.4) is 0 Å². The van der Waals surface area contributed by atoms with Crippen molar-refractivity contribution in [2.24, 2.45) is 0 Å². The van der Waals surface area contributed by atoms with Crippen molar-refractivity contribution in [2.45, 2.75) is 24.6 Å². The molecule has 1 fully saturated rings. The zero-order valence-electron chi connectivity index (χ0n) is 10.0. The highest BCUT2D eigenvalue weighted by Crippen LogP contribution is 2.05. The van der Waals surface area contributed by atoms with E-state index in [0.29, 0.717) is 12.2 Å². The molecular weight excluding hydrogens is 274 g/mol. The molecule has 1 aliphatic heterocycles. The van der Waals surface area contributed by atoms with E-state index in [1.54, 1.807) is 24.4 Å². The van der Waals surface area contributed by atoms with Crippen LogP contribution in [0.15, 0.2) is 24.4 Å². The van der Waals surface area contributed by atoms with Crippen molar-refractivity contribution >= 4 is 22.4 Å². The Hall–Kier alpha value is -0.690. The van der Waals surface area contributed by atoms with Crippen LogP contribution in [0, 0.1) is 0 Å². The lowest BCUT2D eigenvalue weighted by Crippen LogP contribution is -2.37. The van der Waals surface area contributed by atoms with E-state index in [2.05, 4.69) is 15.0 Å². The average molecular weight is 292 g/mol. The molecular formula is C11H18ClN3O2S. The summed E-state index contributed by atoms with van der Waals surface area (Å²) in [5, 5.41) is 3.25. The van der Waals surface area contributed by atoms with Crippen LogP contribution in [0.25, 0.3) is 0 Å². The van der Waals surface area contributed by atoms with Crippen LogP contribution in [-0.2, 0) is 15.8 Å². The summed E-state index contributed by atoms with van der Waals surface area (Å²) in [7, 11) is -3.27. The largest absolute Gasteiger partial charge is 0.313 e. The first kappa shape index (κ1) is 15.4. The lowest BCUT2D eigenvalue weighted by molar-refractivity contribution is 0.550. The number of rotatable bonds is 5. The second kappa shape index (κ2) is 7.04. The molecule has 1 saturated heterocycles. The predicted octanol–water partition coefficient (Wildman–Crippen LogP) is 0.675. The maximum Gasteiger partial charge on any atom is 0.217 e. The van der Waals surface area contributed by atoms with Crippen LogP contribution in [0.5, 0.6) is 0 Å². The molecule has 0 aliphatic carbocycles. The van der Waals surface area contributed by atoms with E-state index < -0.39 is 10.0 Å². The average Bonchev–Trinajstić information content (AvgIpc) is 2.80. The summed E-state index contributed by atoms with van der Waals surface area (Å²) >= 11 is 0. The zero-order chi connectivity index (χ0) is 12.1. The fourth-order valence-corrected chi connectivity index (χ4v) is 3.01. The monoisotopic (exact) mass is 291 g/mol. The fourth-order valence-electron chi connectivity index (χ4n) is 1.89. The lowest BCUT2D eigenvalue weighted by atomic mass is 10.2. The Morgan fingerprint density at radius 3 is 2.89 bits per heavy atom. The number of pyridine rings is 1. The van der Waals surface area contributed by atoms with Gasteiger partial charge in [0.15, 0.2) is 0 Å². The minimum atomic E-state index is -3.27.